The third-order valence-electron chi connectivity index (χ3n) is 7.02. The molecular weight excluding hydrogens is 392 g/mol. The fourth-order valence-electron chi connectivity index (χ4n) is 4.98. The van der Waals surface area contributed by atoms with Crippen LogP contribution in [0.5, 0.6) is 0 Å². The van der Waals surface area contributed by atoms with Gasteiger partial charge in [-0.05, 0) is 44.6 Å². The summed E-state index contributed by atoms with van der Waals surface area (Å²) in [6.45, 7) is 1.99. The Labute approximate surface area is 171 Å². The molecule has 2 aliphatic heterocycles. The number of hydrogen-bond donors (Lipinski definition) is 0. The van der Waals surface area contributed by atoms with Crippen LogP contribution in [-0.4, -0.2) is 64.0 Å². The zero-order valence-electron chi connectivity index (χ0n) is 17.0. The number of sulfonamides is 1. The van der Waals surface area contributed by atoms with Crippen LogP contribution in [0.1, 0.15) is 62.2 Å². The van der Waals surface area contributed by atoms with Crippen LogP contribution in [0.2, 0.25) is 0 Å². The van der Waals surface area contributed by atoms with Crippen LogP contribution in [0.25, 0.3) is 0 Å². The zero-order chi connectivity index (χ0) is 20.2. The van der Waals surface area contributed by atoms with Crippen LogP contribution in [0.3, 0.4) is 0 Å². The van der Waals surface area contributed by atoms with Crippen molar-refractivity contribution in [1.82, 2.24) is 28.9 Å². The summed E-state index contributed by atoms with van der Waals surface area (Å²) in [5.74, 6) is 2.02. The second-order valence-corrected chi connectivity index (χ2v) is 10.9. The highest BCUT2D eigenvalue weighted by Gasteiger charge is 2.48. The van der Waals surface area contributed by atoms with Crippen molar-refractivity contribution in [3.05, 3.63) is 24.2 Å². The minimum Gasteiger partial charge on any atom is -0.339 e. The molecule has 5 rings (SSSR count). The number of piperidine rings is 1. The average molecular weight is 421 g/mol. The molecule has 2 aromatic heterocycles. The Morgan fingerprint density at radius 2 is 1.97 bits per heavy atom. The molecule has 1 unspecified atom stereocenters. The maximum Gasteiger partial charge on any atom is 0.262 e. The van der Waals surface area contributed by atoms with Crippen LogP contribution in [-0.2, 0) is 17.1 Å². The maximum atomic E-state index is 12.9. The second-order valence-electron chi connectivity index (χ2n) is 9.04. The molecule has 2 aromatic rings. The molecule has 9 nitrogen and oxygen atoms in total. The number of hydrogen-bond acceptors (Lipinski definition) is 7. The summed E-state index contributed by atoms with van der Waals surface area (Å²) in [6, 6.07) is 0.145. The van der Waals surface area contributed by atoms with E-state index in [4.69, 9.17) is 9.51 Å². The fraction of sp³-hybridized carbons (Fsp3) is 0.737. The van der Waals surface area contributed by atoms with E-state index in [9.17, 15) is 8.42 Å². The summed E-state index contributed by atoms with van der Waals surface area (Å²) < 4.78 is 34.5. The first-order valence-corrected chi connectivity index (χ1v) is 11.8. The molecule has 4 heterocycles. The van der Waals surface area contributed by atoms with E-state index in [-0.39, 0.29) is 16.5 Å². The molecule has 0 radical (unpaired) electrons. The molecule has 0 bridgehead atoms. The van der Waals surface area contributed by atoms with Crippen molar-refractivity contribution in [1.29, 1.82) is 0 Å². The van der Waals surface area contributed by atoms with Gasteiger partial charge in [-0.15, -0.1) is 0 Å². The quantitative estimate of drug-likeness (QED) is 0.745. The van der Waals surface area contributed by atoms with Gasteiger partial charge in [-0.1, -0.05) is 11.6 Å². The van der Waals surface area contributed by atoms with Crippen molar-refractivity contribution in [2.45, 2.75) is 55.5 Å². The number of imidazole rings is 1. The molecule has 1 spiro atoms. The predicted octanol–water partition coefficient (Wildman–Crippen LogP) is 1.92. The lowest BCUT2D eigenvalue weighted by Gasteiger charge is -2.38. The molecule has 10 heteroatoms. The molecular formula is C19H28N6O3S. The molecule has 0 aromatic carbocycles. The smallest absolute Gasteiger partial charge is 0.262 e. The highest BCUT2D eigenvalue weighted by atomic mass is 32.2. The number of rotatable bonds is 4. The first kappa shape index (κ1) is 19.2. The lowest BCUT2D eigenvalue weighted by Crippen LogP contribution is -2.44. The summed E-state index contributed by atoms with van der Waals surface area (Å²) in [5, 5.41) is 4.41. The van der Waals surface area contributed by atoms with Gasteiger partial charge >= 0.3 is 0 Å². The van der Waals surface area contributed by atoms with Crippen molar-refractivity contribution in [3.8, 4) is 0 Å². The van der Waals surface area contributed by atoms with E-state index in [1.165, 1.54) is 12.7 Å². The number of aryl methyl sites for hydroxylation is 1. The van der Waals surface area contributed by atoms with E-state index in [0.717, 1.165) is 50.4 Å². The van der Waals surface area contributed by atoms with Gasteiger partial charge in [0.05, 0.1) is 12.4 Å². The summed E-state index contributed by atoms with van der Waals surface area (Å²) in [5.41, 5.74) is 0.104. The van der Waals surface area contributed by atoms with Gasteiger partial charge in [0.15, 0.2) is 10.9 Å². The van der Waals surface area contributed by atoms with Gasteiger partial charge < -0.3 is 9.09 Å². The Hall–Kier alpha value is -1.78. The Balaban J connectivity index is 1.27. The standard InChI is InChI=1S/C19H28N6O3S/c1-23-11-16(20-13-23)29(26,27)25-8-6-19(7-9-25)10-15(24(2)12-19)17-21-18(28-22-17)14-4-3-5-14/h11,13-15H,3-10,12H2,1-2H3. The Kier molecular flexibility index (Phi) is 4.56. The van der Waals surface area contributed by atoms with Crippen LogP contribution in [0, 0.1) is 5.41 Å². The van der Waals surface area contributed by atoms with Crippen molar-refractivity contribution in [2.75, 3.05) is 26.7 Å². The van der Waals surface area contributed by atoms with E-state index >= 15 is 0 Å². The minimum atomic E-state index is -3.52. The van der Waals surface area contributed by atoms with Gasteiger partial charge in [0.2, 0.25) is 5.89 Å². The topological polar surface area (TPSA) is 97.4 Å². The highest BCUT2D eigenvalue weighted by Crippen LogP contribution is 2.48. The van der Waals surface area contributed by atoms with Gasteiger partial charge in [-0.3, -0.25) is 4.90 Å². The van der Waals surface area contributed by atoms with E-state index in [2.05, 4.69) is 22.1 Å². The van der Waals surface area contributed by atoms with E-state index in [0.29, 0.717) is 19.0 Å². The lowest BCUT2D eigenvalue weighted by atomic mass is 9.77. The summed E-state index contributed by atoms with van der Waals surface area (Å²) in [6.07, 6.45) is 9.25. The molecule has 3 fully saturated rings. The van der Waals surface area contributed by atoms with Crippen molar-refractivity contribution < 1.29 is 12.9 Å². The average Bonchev–Trinajstić information content (AvgIpc) is 3.34. The third kappa shape index (κ3) is 3.30. The summed E-state index contributed by atoms with van der Waals surface area (Å²) in [4.78, 5) is 11.0. The molecule has 0 N–H and O–H groups in total. The molecule has 3 aliphatic rings. The van der Waals surface area contributed by atoms with Crippen molar-refractivity contribution in [3.63, 3.8) is 0 Å². The first-order chi connectivity index (χ1) is 13.9. The molecule has 1 saturated carbocycles. The van der Waals surface area contributed by atoms with Crippen LogP contribution in [0.15, 0.2) is 22.1 Å². The van der Waals surface area contributed by atoms with Gasteiger partial charge in [0, 0.05) is 38.8 Å². The Morgan fingerprint density at radius 3 is 2.59 bits per heavy atom. The second kappa shape index (κ2) is 6.88. The molecule has 1 aliphatic carbocycles. The maximum absolute atomic E-state index is 12.9. The van der Waals surface area contributed by atoms with Crippen molar-refractivity contribution in [2.24, 2.45) is 12.5 Å². The number of likely N-dealkylation sites (tertiary alicyclic amines) is 1. The van der Waals surface area contributed by atoms with Gasteiger partial charge in [0.1, 0.15) is 0 Å². The monoisotopic (exact) mass is 420 g/mol. The van der Waals surface area contributed by atoms with Crippen LogP contribution < -0.4 is 0 Å². The molecule has 158 valence electrons. The first-order valence-electron chi connectivity index (χ1n) is 10.4. The number of aromatic nitrogens is 4. The molecule has 1 atom stereocenters. The highest BCUT2D eigenvalue weighted by molar-refractivity contribution is 7.89. The zero-order valence-corrected chi connectivity index (χ0v) is 17.8. The summed E-state index contributed by atoms with van der Waals surface area (Å²) in [7, 11) is 0.364. The van der Waals surface area contributed by atoms with Gasteiger partial charge in [-0.25, -0.2) is 13.4 Å². The largest absolute Gasteiger partial charge is 0.339 e. The molecule has 2 saturated heterocycles. The lowest BCUT2D eigenvalue weighted by molar-refractivity contribution is 0.161. The van der Waals surface area contributed by atoms with E-state index < -0.39 is 10.0 Å². The van der Waals surface area contributed by atoms with Crippen molar-refractivity contribution >= 4 is 10.0 Å². The minimum absolute atomic E-state index is 0.104. The Morgan fingerprint density at radius 1 is 1.21 bits per heavy atom. The Bertz CT molecular complexity index is 987. The molecule has 0 amide bonds. The SMILES string of the molecule is CN1CC2(CCN(S(=O)(=O)c3cn(C)cn3)CC2)CC1c1noc(C2CCC2)n1. The van der Waals surface area contributed by atoms with E-state index in [1.54, 1.807) is 22.1 Å². The fourth-order valence-corrected chi connectivity index (χ4v) is 6.39. The summed E-state index contributed by atoms with van der Waals surface area (Å²) >= 11 is 0. The normalized spacial score (nSPS) is 26.2. The van der Waals surface area contributed by atoms with E-state index in [1.807, 2.05) is 0 Å². The van der Waals surface area contributed by atoms with Gasteiger partial charge in [0.25, 0.3) is 10.0 Å². The van der Waals surface area contributed by atoms with Crippen LogP contribution >= 0.6 is 0 Å². The predicted molar refractivity (Wildman–Crippen MR) is 105 cm³/mol. The van der Waals surface area contributed by atoms with Crippen LogP contribution in [0.4, 0.5) is 0 Å². The number of nitrogens with zero attached hydrogens (tertiary/aromatic N) is 6. The third-order valence-corrected chi connectivity index (χ3v) is 8.81. The van der Waals surface area contributed by atoms with Gasteiger partial charge in [-0.2, -0.15) is 9.29 Å². The molecule has 29 heavy (non-hydrogen) atoms.